The Morgan fingerprint density at radius 2 is 2.00 bits per heavy atom. The molecule has 0 atom stereocenters. The second kappa shape index (κ2) is 8.82. The summed E-state index contributed by atoms with van der Waals surface area (Å²) in [6, 6.07) is 7.02. The number of rotatable bonds is 8. The van der Waals surface area contributed by atoms with Crippen molar-refractivity contribution in [3.8, 4) is 5.75 Å². The summed E-state index contributed by atoms with van der Waals surface area (Å²) in [5.41, 5.74) is 0.648. The number of halogens is 1. The SMILES string of the molecule is Cc1nc(COc2ccc(Cl)cc2)sc1C(=O)N(C)CCCC(=O)O. The maximum absolute atomic E-state index is 12.5. The van der Waals surface area contributed by atoms with E-state index in [4.69, 9.17) is 21.4 Å². The third kappa shape index (κ3) is 5.72. The third-order valence-electron chi connectivity index (χ3n) is 3.44. The Balaban J connectivity index is 1.95. The Labute approximate surface area is 155 Å². The van der Waals surface area contributed by atoms with Gasteiger partial charge in [0.05, 0.1) is 5.69 Å². The number of hydrogen-bond acceptors (Lipinski definition) is 5. The Morgan fingerprint density at radius 3 is 2.64 bits per heavy atom. The highest BCUT2D eigenvalue weighted by molar-refractivity contribution is 7.13. The quantitative estimate of drug-likeness (QED) is 0.754. The molecule has 0 saturated heterocycles. The van der Waals surface area contributed by atoms with Gasteiger partial charge in [0, 0.05) is 25.0 Å². The molecule has 0 aliphatic rings. The largest absolute Gasteiger partial charge is 0.486 e. The summed E-state index contributed by atoms with van der Waals surface area (Å²) in [6.07, 6.45) is 0.460. The smallest absolute Gasteiger partial charge is 0.303 e. The van der Waals surface area contributed by atoms with Crippen LogP contribution in [-0.4, -0.2) is 40.5 Å². The predicted molar refractivity (Wildman–Crippen MR) is 96.5 cm³/mol. The fraction of sp³-hybridized carbons (Fsp3) is 0.353. The minimum absolute atomic E-state index is 0.0411. The standard InChI is InChI=1S/C17H19ClN2O4S/c1-11-16(17(23)20(2)9-3-4-15(21)22)25-14(19-11)10-24-13-7-5-12(18)6-8-13/h5-8H,3-4,9-10H2,1-2H3,(H,21,22). The molecule has 1 N–H and O–H groups in total. The molecule has 1 amide bonds. The van der Waals surface area contributed by atoms with Gasteiger partial charge in [0.1, 0.15) is 22.2 Å². The average Bonchev–Trinajstić information content (AvgIpc) is 2.94. The van der Waals surface area contributed by atoms with Crippen LogP contribution < -0.4 is 4.74 Å². The highest BCUT2D eigenvalue weighted by Crippen LogP contribution is 2.22. The molecule has 1 aromatic carbocycles. The van der Waals surface area contributed by atoms with Gasteiger partial charge >= 0.3 is 5.97 Å². The summed E-state index contributed by atoms with van der Waals surface area (Å²) in [6.45, 7) is 2.43. The number of thiazole rings is 1. The molecule has 0 bridgehead atoms. The Morgan fingerprint density at radius 1 is 1.32 bits per heavy atom. The highest BCUT2D eigenvalue weighted by Gasteiger charge is 2.19. The van der Waals surface area contributed by atoms with Crippen LogP contribution in [-0.2, 0) is 11.4 Å². The highest BCUT2D eigenvalue weighted by atomic mass is 35.5. The topological polar surface area (TPSA) is 79.7 Å². The molecule has 0 saturated carbocycles. The summed E-state index contributed by atoms with van der Waals surface area (Å²) in [7, 11) is 1.66. The van der Waals surface area contributed by atoms with E-state index >= 15 is 0 Å². The third-order valence-corrected chi connectivity index (χ3v) is 4.81. The molecular formula is C17H19ClN2O4S. The molecule has 0 aliphatic heterocycles. The molecule has 8 heteroatoms. The number of aryl methyl sites for hydroxylation is 1. The number of aliphatic carboxylic acids is 1. The summed E-state index contributed by atoms with van der Waals surface area (Å²) < 4.78 is 5.65. The molecule has 0 aliphatic carbocycles. The first kappa shape index (κ1) is 19.2. The van der Waals surface area contributed by atoms with Crippen molar-refractivity contribution in [3.63, 3.8) is 0 Å². The normalized spacial score (nSPS) is 10.5. The molecule has 2 rings (SSSR count). The molecule has 0 radical (unpaired) electrons. The van der Waals surface area contributed by atoms with Crippen molar-refractivity contribution in [3.05, 3.63) is 44.9 Å². The van der Waals surface area contributed by atoms with Crippen molar-refractivity contribution < 1.29 is 19.4 Å². The van der Waals surface area contributed by atoms with E-state index in [0.29, 0.717) is 39.3 Å². The van der Waals surface area contributed by atoms with E-state index in [0.717, 1.165) is 0 Å². The van der Waals surface area contributed by atoms with E-state index in [-0.39, 0.29) is 18.9 Å². The predicted octanol–water partition coefficient (Wildman–Crippen LogP) is 3.62. The number of nitrogens with zero attached hydrogens (tertiary/aromatic N) is 2. The van der Waals surface area contributed by atoms with Gasteiger partial charge in [0.15, 0.2) is 0 Å². The van der Waals surface area contributed by atoms with E-state index in [9.17, 15) is 9.59 Å². The number of amides is 1. The molecule has 0 spiro atoms. The Kier molecular flexibility index (Phi) is 6.78. The molecule has 1 aromatic heterocycles. The van der Waals surface area contributed by atoms with Gasteiger partial charge in [-0.1, -0.05) is 11.6 Å². The number of carboxylic acid groups (broad SMARTS) is 1. The van der Waals surface area contributed by atoms with Crippen molar-refractivity contribution in [2.75, 3.05) is 13.6 Å². The molecule has 0 unspecified atom stereocenters. The minimum Gasteiger partial charge on any atom is -0.486 e. The fourth-order valence-electron chi connectivity index (χ4n) is 2.13. The van der Waals surface area contributed by atoms with E-state index < -0.39 is 5.97 Å². The number of aromatic nitrogens is 1. The second-order valence-corrected chi connectivity index (χ2v) is 7.01. The van der Waals surface area contributed by atoms with Crippen LogP contribution in [0, 0.1) is 6.92 Å². The first-order valence-electron chi connectivity index (χ1n) is 7.68. The van der Waals surface area contributed by atoms with Crippen molar-refractivity contribution in [2.45, 2.75) is 26.4 Å². The van der Waals surface area contributed by atoms with Crippen LogP contribution in [0.1, 0.15) is 33.2 Å². The zero-order chi connectivity index (χ0) is 18.4. The van der Waals surface area contributed by atoms with Gasteiger partial charge in [-0.2, -0.15) is 0 Å². The Bertz CT molecular complexity index is 746. The monoisotopic (exact) mass is 382 g/mol. The number of carbonyl (C=O) groups excluding carboxylic acids is 1. The molecule has 6 nitrogen and oxygen atoms in total. The first-order valence-corrected chi connectivity index (χ1v) is 8.88. The van der Waals surface area contributed by atoms with E-state index in [1.807, 2.05) is 0 Å². The van der Waals surface area contributed by atoms with Crippen LogP contribution in [0.5, 0.6) is 5.75 Å². The summed E-state index contributed by atoms with van der Waals surface area (Å²) in [5.74, 6) is -0.342. The van der Waals surface area contributed by atoms with Crippen LogP contribution in [0.25, 0.3) is 0 Å². The van der Waals surface area contributed by atoms with Crippen molar-refractivity contribution in [2.24, 2.45) is 0 Å². The Hall–Kier alpha value is -2.12. The van der Waals surface area contributed by atoms with Crippen LogP contribution in [0.4, 0.5) is 0 Å². The number of hydrogen-bond donors (Lipinski definition) is 1. The lowest BCUT2D eigenvalue weighted by Gasteiger charge is -2.15. The lowest BCUT2D eigenvalue weighted by atomic mass is 10.3. The van der Waals surface area contributed by atoms with E-state index in [1.54, 1.807) is 38.2 Å². The molecule has 25 heavy (non-hydrogen) atoms. The van der Waals surface area contributed by atoms with Gasteiger partial charge in [0.2, 0.25) is 0 Å². The first-order chi connectivity index (χ1) is 11.9. The molecule has 1 heterocycles. The molecule has 0 fully saturated rings. The number of ether oxygens (including phenoxy) is 1. The second-order valence-electron chi connectivity index (χ2n) is 5.49. The molecule has 2 aromatic rings. The molecular weight excluding hydrogens is 364 g/mol. The van der Waals surface area contributed by atoms with Gasteiger partial charge in [-0.05, 0) is 37.6 Å². The fourth-order valence-corrected chi connectivity index (χ4v) is 3.23. The van der Waals surface area contributed by atoms with Gasteiger partial charge in [-0.3, -0.25) is 9.59 Å². The zero-order valence-corrected chi connectivity index (χ0v) is 15.6. The maximum Gasteiger partial charge on any atom is 0.303 e. The zero-order valence-electron chi connectivity index (χ0n) is 14.0. The number of benzene rings is 1. The minimum atomic E-state index is -0.864. The summed E-state index contributed by atoms with van der Waals surface area (Å²) >= 11 is 7.12. The maximum atomic E-state index is 12.5. The van der Waals surface area contributed by atoms with Crippen LogP contribution in [0.3, 0.4) is 0 Å². The lowest BCUT2D eigenvalue weighted by molar-refractivity contribution is -0.137. The summed E-state index contributed by atoms with van der Waals surface area (Å²) in [4.78, 5) is 29.5. The van der Waals surface area contributed by atoms with Crippen molar-refractivity contribution in [1.29, 1.82) is 0 Å². The van der Waals surface area contributed by atoms with Crippen LogP contribution in [0.15, 0.2) is 24.3 Å². The summed E-state index contributed by atoms with van der Waals surface area (Å²) in [5, 5.41) is 10.0. The average molecular weight is 383 g/mol. The molecule has 134 valence electrons. The van der Waals surface area contributed by atoms with E-state index in [1.165, 1.54) is 16.2 Å². The van der Waals surface area contributed by atoms with Gasteiger partial charge < -0.3 is 14.7 Å². The van der Waals surface area contributed by atoms with Crippen molar-refractivity contribution in [1.82, 2.24) is 9.88 Å². The van der Waals surface area contributed by atoms with Crippen LogP contribution in [0.2, 0.25) is 5.02 Å². The number of carboxylic acids is 1. The van der Waals surface area contributed by atoms with Gasteiger partial charge in [-0.15, -0.1) is 11.3 Å². The number of carbonyl (C=O) groups is 2. The van der Waals surface area contributed by atoms with Gasteiger partial charge in [0.25, 0.3) is 5.91 Å². The van der Waals surface area contributed by atoms with Gasteiger partial charge in [-0.25, -0.2) is 4.98 Å². The lowest BCUT2D eigenvalue weighted by Crippen LogP contribution is -2.27. The van der Waals surface area contributed by atoms with E-state index in [2.05, 4.69) is 4.98 Å². The van der Waals surface area contributed by atoms with Crippen LogP contribution >= 0.6 is 22.9 Å². The van der Waals surface area contributed by atoms with Crippen molar-refractivity contribution >= 4 is 34.8 Å².